The molecule has 2 N–H and O–H groups in total. The first kappa shape index (κ1) is 18.1. The third kappa shape index (κ3) is 3.37. The van der Waals surface area contributed by atoms with Crippen LogP contribution in [0.3, 0.4) is 0 Å². The number of nitrogens with zero attached hydrogens (tertiary/aromatic N) is 2. The summed E-state index contributed by atoms with van der Waals surface area (Å²) in [7, 11) is 0. The van der Waals surface area contributed by atoms with E-state index in [9.17, 15) is 18.0 Å². The highest BCUT2D eigenvalue weighted by Gasteiger charge is 2.34. The van der Waals surface area contributed by atoms with E-state index in [0.29, 0.717) is 34.8 Å². The second-order valence-corrected chi connectivity index (χ2v) is 7.62. The Bertz CT molecular complexity index is 802. The molecule has 3 heterocycles. The molecule has 0 radical (unpaired) electrons. The van der Waals surface area contributed by atoms with Crippen molar-refractivity contribution in [3.05, 3.63) is 28.3 Å². The Labute approximate surface area is 147 Å². The minimum atomic E-state index is -4.50. The molecule has 1 fully saturated rings. The molecule has 2 atom stereocenters. The Morgan fingerprint density at radius 1 is 1.44 bits per heavy atom. The lowest BCUT2D eigenvalue weighted by molar-refractivity contribution is -0.140. The van der Waals surface area contributed by atoms with Crippen molar-refractivity contribution in [2.75, 3.05) is 13.1 Å². The second-order valence-electron chi connectivity index (χ2n) is 6.62. The molecule has 1 amide bonds. The zero-order valence-corrected chi connectivity index (χ0v) is 14.9. The molecule has 1 saturated heterocycles. The number of hydrogen-bond acceptors (Lipinski definition) is 4. The Morgan fingerprint density at radius 2 is 2.16 bits per heavy atom. The first-order valence-electron chi connectivity index (χ1n) is 8.20. The molecule has 0 aromatic carbocycles. The quantitative estimate of drug-likeness (QED) is 0.873. The number of rotatable bonds is 2. The lowest BCUT2D eigenvalue weighted by Gasteiger charge is -2.37. The van der Waals surface area contributed by atoms with Gasteiger partial charge in [-0.3, -0.25) is 4.79 Å². The Kier molecular flexibility index (Phi) is 4.76. The topological polar surface area (TPSA) is 59.2 Å². The van der Waals surface area contributed by atoms with Crippen LogP contribution in [0.4, 0.5) is 13.2 Å². The summed E-state index contributed by atoms with van der Waals surface area (Å²) in [4.78, 5) is 19.1. The number of aryl methyl sites for hydroxylation is 1. The molecule has 3 rings (SSSR count). The molecule has 2 aromatic heterocycles. The Hall–Kier alpha value is -1.67. The Morgan fingerprint density at radius 3 is 2.80 bits per heavy atom. The summed E-state index contributed by atoms with van der Waals surface area (Å²) in [5, 5.41) is 0.594. The van der Waals surface area contributed by atoms with Crippen molar-refractivity contribution in [2.24, 2.45) is 11.7 Å². The number of amides is 1. The lowest BCUT2D eigenvalue weighted by atomic mass is 9.92. The van der Waals surface area contributed by atoms with Gasteiger partial charge >= 0.3 is 6.18 Å². The van der Waals surface area contributed by atoms with Crippen LogP contribution in [-0.2, 0) is 6.18 Å². The minimum absolute atomic E-state index is 0.0282. The van der Waals surface area contributed by atoms with Crippen LogP contribution in [0.1, 0.15) is 40.7 Å². The molecule has 2 unspecified atom stereocenters. The minimum Gasteiger partial charge on any atom is -0.334 e. The molecule has 136 valence electrons. The van der Waals surface area contributed by atoms with E-state index in [1.807, 2.05) is 0 Å². The van der Waals surface area contributed by atoms with Gasteiger partial charge in [0.2, 0.25) is 0 Å². The number of pyridine rings is 1. The van der Waals surface area contributed by atoms with Gasteiger partial charge in [-0.05, 0) is 43.4 Å². The molecule has 25 heavy (non-hydrogen) atoms. The number of hydrogen-bond donors (Lipinski definition) is 1. The molecule has 0 saturated carbocycles. The van der Waals surface area contributed by atoms with Gasteiger partial charge in [0.1, 0.15) is 10.5 Å². The fourth-order valence-electron chi connectivity index (χ4n) is 3.33. The van der Waals surface area contributed by atoms with Crippen LogP contribution in [0.2, 0.25) is 0 Å². The molecule has 1 aliphatic heterocycles. The highest BCUT2D eigenvalue weighted by atomic mass is 32.1. The molecule has 1 aliphatic rings. The van der Waals surface area contributed by atoms with E-state index in [4.69, 9.17) is 5.73 Å². The fourth-order valence-corrected chi connectivity index (χ4v) is 4.47. The SMILES string of the molecule is Cc1c(C(=O)N2CCC(C)CC2CN)sc2nc(C(F)(F)F)ccc12. The predicted molar refractivity (Wildman–Crippen MR) is 91.6 cm³/mol. The van der Waals surface area contributed by atoms with Crippen LogP contribution in [0.25, 0.3) is 10.2 Å². The van der Waals surface area contributed by atoms with E-state index >= 15 is 0 Å². The number of carbonyl (C=O) groups is 1. The van der Waals surface area contributed by atoms with Crippen LogP contribution in [0.15, 0.2) is 12.1 Å². The molecule has 4 nitrogen and oxygen atoms in total. The van der Waals surface area contributed by atoms with Gasteiger partial charge in [0, 0.05) is 24.5 Å². The Balaban J connectivity index is 1.97. The van der Waals surface area contributed by atoms with Gasteiger partial charge in [-0.15, -0.1) is 11.3 Å². The number of halogens is 3. The van der Waals surface area contributed by atoms with Crippen molar-refractivity contribution in [3.8, 4) is 0 Å². The van der Waals surface area contributed by atoms with Gasteiger partial charge in [0.25, 0.3) is 5.91 Å². The van der Waals surface area contributed by atoms with E-state index in [1.54, 1.807) is 11.8 Å². The van der Waals surface area contributed by atoms with Crippen molar-refractivity contribution in [3.63, 3.8) is 0 Å². The van der Waals surface area contributed by atoms with Crippen LogP contribution in [0, 0.1) is 12.8 Å². The molecule has 0 spiro atoms. The summed E-state index contributed by atoms with van der Waals surface area (Å²) in [6, 6.07) is 2.33. The van der Waals surface area contributed by atoms with E-state index in [2.05, 4.69) is 11.9 Å². The number of aromatic nitrogens is 1. The zero-order valence-electron chi connectivity index (χ0n) is 14.1. The third-order valence-electron chi connectivity index (χ3n) is 4.80. The molecule has 0 bridgehead atoms. The van der Waals surface area contributed by atoms with Crippen LogP contribution in [-0.4, -0.2) is 34.9 Å². The third-order valence-corrected chi connectivity index (χ3v) is 5.99. The van der Waals surface area contributed by atoms with E-state index in [1.165, 1.54) is 6.07 Å². The number of thiophene rings is 1. The van der Waals surface area contributed by atoms with Crippen molar-refractivity contribution >= 4 is 27.5 Å². The van der Waals surface area contributed by atoms with Crippen molar-refractivity contribution in [1.29, 1.82) is 0 Å². The van der Waals surface area contributed by atoms with Gasteiger partial charge in [0.15, 0.2) is 0 Å². The number of carbonyl (C=O) groups excluding carboxylic acids is 1. The van der Waals surface area contributed by atoms with E-state index in [0.717, 1.165) is 30.2 Å². The van der Waals surface area contributed by atoms with Crippen LogP contribution in [0.5, 0.6) is 0 Å². The highest BCUT2D eigenvalue weighted by molar-refractivity contribution is 7.20. The zero-order chi connectivity index (χ0) is 18.4. The first-order valence-corrected chi connectivity index (χ1v) is 9.02. The van der Waals surface area contributed by atoms with Crippen LogP contribution < -0.4 is 5.73 Å². The molecule has 0 aliphatic carbocycles. The molecular formula is C17H20F3N3OS. The average Bonchev–Trinajstić information content (AvgIpc) is 2.89. The first-order chi connectivity index (χ1) is 11.7. The van der Waals surface area contributed by atoms with Gasteiger partial charge in [-0.2, -0.15) is 13.2 Å². The predicted octanol–water partition coefficient (Wildman–Crippen LogP) is 3.82. The van der Waals surface area contributed by atoms with Gasteiger partial charge in [0.05, 0.1) is 4.88 Å². The maximum atomic E-state index is 13.0. The average molecular weight is 371 g/mol. The number of fused-ring (bicyclic) bond motifs is 1. The fraction of sp³-hybridized carbons (Fsp3) is 0.529. The summed E-state index contributed by atoms with van der Waals surface area (Å²) < 4.78 is 38.6. The maximum Gasteiger partial charge on any atom is 0.433 e. The maximum absolute atomic E-state index is 13.0. The summed E-state index contributed by atoms with van der Waals surface area (Å²) in [5.41, 5.74) is 5.57. The smallest absolute Gasteiger partial charge is 0.334 e. The highest BCUT2D eigenvalue weighted by Crippen LogP contribution is 2.35. The standard InChI is InChI=1S/C17H20F3N3OS/c1-9-5-6-23(11(7-9)8-21)16(24)14-10(2)12-3-4-13(17(18,19)20)22-15(12)25-14/h3-4,9,11H,5-8,21H2,1-2H3. The van der Waals surface area contributed by atoms with Crippen molar-refractivity contribution in [1.82, 2.24) is 9.88 Å². The summed E-state index contributed by atoms with van der Waals surface area (Å²) in [5.74, 6) is 0.355. The normalized spacial score (nSPS) is 21.8. The largest absolute Gasteiger partial charge is 0.433 e. The summed E-state index contributed by atoms with van der Waals surface area (Å²) in [6.45, 7) is 4.90. The van der Waals surface area contributed by atoms with Crippen molar-refractivity contribution < 1.29 is 18.0 Å². The second kappa shape index (κ2) is 6.57. The van der Waals surface area contributed by atoms with Gasteiger partial charge in [-0.25, -0.2) is 4.98 Å². The molecule has 8 heteroatoms. The molecule has 2 aromatic rings. The summed E-state index contributed by atoms with van der Waals surface area (Å²) >= 11 is 1.03. The summed E-state index contributed by atoms with van der Waals surface area (Å²) in [6.07, 6.45) is -2.74. The van der Waals surface area contributed by atoms with Gasteiger partial charge in [-0.1, -0.05) is 6.92 Å². The lowest BCUT2D eigenvalue weighted by Crippen LogP contribution is -2.49. The van der Waals surface area contributed by atoms with E-state index < -0.39 is 11.9 Å². The number of piperidine rings is 1. The number of nitrogens with two attached hydrogens (primary N) is 1. The van der Waals surface area contributed by atoms with Crippen molar-refractivity contribution in [2.45, 2.75) is 38.9 Å². The molecular weight excluding hydrogens is 351 g/mol. The van der Waals surface area contributed by atoms with E-state index in [-0.39, 0.29) is 16.8 Å². The number of likely N-dealkylation sites (tertiary alicyclic amines) is 1. The van der Waals surface area contributed by atoms with Gasteiger partial charge < -0.3 is 10.6 Å². The van der Waals surface area contributed by atoms with Crippen LogP contribution >= 0.6 is 11.3 Å². The number of alkyl halides is 3. The monoisotopic (exact) mass is 371 g/mol.